The van der Waals surface area contributed by atoms with Gasteiger partial charge >= 0.3 is 51.4 Å². The van der Waals surface area contributed by atoms with Crippen LogP contribution < -0.4 is 51.4 Å². The van der Waals surface area contributed by atoms with Gasteiger partial charge in [-0.05, 0) is 0 Å². The molecule has 0 rings (SSSR count). The third-order valence-electron chi connectivity index (χ3n) is 0.434. The summed E-state index contributed by atoms with van der Waals surface area (Å²) in [6, 6.07) is 2.47. The van der Waals surface area contributed by atoms with E-state index in [0.717, 1.165) is 5.97 Å². The van der Waals surface area contributed by atoms with Crippen molar-refractivity contribution in [3.8, 4) is 23.8 Å². The van der Waals surface area contributed by atoms with Crippen LogP contribution in [0.2, 0.25) is 19.6 Å². The van der Waals surface area contributed by atoms with Crippen LogP contribution in [0.15, 0.2) is 0 Å². The number of nitrogens with zero attached hydrogens (tertiary/aromatic N) is 4. The molecule has 0 aromatic heterocycles. The first-order chi connectivity index (χ1) is 6.39. The van der Waals surface area contributed by atoms with Gasteiger partial charge in [0.2, 0.25) is 0 Å². The fourth-order valence-electron chi connectivity index (χ4n) is 0. The molecule has 0 fully saturated rings. The standard InChI is InChI=1S/C4H9NSi.C2N2.CBFN.9CH4.K.H2O/c1-6(2,3)4-5;3-1-2-4;3-2-1-4;;;;;;;;;;;/h1-3H3;;;9*1H4;;1H2/q;;-1;;;;;;;;;;+1;. The fraction of sp³-hybridized carbons (Fsp3) is 0.750. The topological polar surface area (TPSA) is 127 Å². The van der Waals surface area contributed by atoms with E-state index in [0.29, 0.717) is 0 Å². The van der Waals surface area contributed by atoms with Gasteiger partial charge in [0.15, 0.2) is 20.2 Å². The number of rotatable bonds is 0. The summed E-state index contributed by atoms with van der Waals surface area (Å²) in [5.41, 5.74) is 2.24. The minimum absolute atomic E-state index is 0. The van der Waals surface area contributed by atoms with Crippen LogP contribution in [0.4, 0.5) is 4.32 Å². The van der Waals surface area contributed by atoms with Crippen LogP contribution in [0.25, 0.3) is 0 Å². The largest absolute Gasteiger partial charge is 1.00 e. The summed E-state index contributed by atoms with van der Waals surface area (Å²) >= 11 is 0. The molecule has 0 heterocycles. The van der Waals surface area contributed by atoms with Crippen molar-refractivity contribution >= 4 is 15.6 Å². The molecule has 152 valence electrons. The molecule has 0 aromatic rings. The van der Waals surface area contributed by atoms with Crippen LogP contribution in [-0.2, 0) is 0 Å². The first kappa shape index (κ1) is 121. The molecule has 0 bridgehead atoms. The van der Waals surface area contributed by atoms with E-state index in [-0.39, 0.29) is 131 Å². The molecule has 2 radical (unpaired) electrons. The zero-order valence-corrected chi connectivity index (χ0v) is 13.9. The summed E-state index contributed by atoms with van der Waals surface area (Å²) in [5, 5.41) is 29.9. The van der Waals surface area contributed by atoms with E-state index in [1.807, 2.05) is 19.6 Å². The normalized spacial score (nSPS) is 3.68. The SMILES string of the molecule is C.C.C.C.C.C.C.C.C.C[Si](C)(C)C#N.N#CC#N.N#C[B-]F.O.[K+]. The van der Waals surface area contributed by atoms with E-state index in [2.05, 4.69) is 5.69 Å². The van der Waals surface area contributed by atoms with Crippen LogP contribution in [0, 0.1) is 44.8 Å². The van der Waals surface area contributed by atoms with Crippen molar-refractivity contribution in [2.24, 2.45) is 0 Å². The van der Waals surface area contributed by atoms with Gasteiger partial charge < -0.3 is 9.79 Å². The predicted molar refractivity (Wildman–Crippen MR) is 117 cm³/mol. The van der Waals surface area contributed by atoms with Crippen molar-refractivity contribution in [3.63, 3.8) is 0 Å². The molecule has 0 aliphatic heterocycles. The van der Waals surface area contributed by atoms with Gasteiger partial charge in [-0.3, -0.25) is 5.26 Å². The minimum atomic E-state index is -1.33. The first-order valence-corrected chi connectivity index (χ1v) is 6.90. The number of nitriles is 4. The Kier molecular flexibility index (Phi) is 513. The van der Waals surface area contributed by atoms with Gasteiger partial charge in [-0.25, -0.2) is 5.26 Å². The molecule has 0 amide bonds. The van der Waals surface area contributed by atoms with Crippen molar-refractivity contribution in [2.75, 3.05) is 0 Å². The summed E-state index contributed by atoms with van der Waals surface area (Å²) in [5.74, 6) is 1.14. The Morgan fingerprint density at radius 1 is 0.680 bits per heavy atom. The van der Waals surface area contributed by atoms with E-state index in [4.69, 9.17) is 21.0 Å². The van der Waals surface area contributed by atoms with Gasteiger partial charge in [-0.2, -0.15) is 16.5 Å². The molecular weight excluding hydrogens is 361 g/mol. The molecular formula is C16H47BFKN4OSi. The van der Waals surface area contributed by atoms with Crippen molar-refractivity contribution in [2.45, 2.75) is 86.5 Å². The maximum atomic E-state index is 10.2. The summed E-state index contributed by atoms with van der Waals surface area (Å²) in [6.45, 7) is 6.06. The zero-order valence-electron chi connectivity index (χ0n) is 9.74. The molecule has 0 spiro atoms. The van der Waals surface area contributed by atoms with Crippen molar-refractivity contribution in [3.05, 3.63) is 0 Å². The summed E-state index contributed by atoms with van der Waals surface area (Å²) in [6.07, 6.45) is 0. The van der Waals surface area contributed by atoms with Crippen LogP contribution in [-0.4, -0.2) is 21.1 Å². The maximum Gasteiger partial charge on any atom is 1.00 e. The average molecular weight is 409 g/mol. The van der Waals surface area contributed by atoms with E-state index in [1.54, 1.807) is 0 Å². The van der Waals surface area contributed by atoms with E-state index in [9.17, 15) is 4.32 Å². The Labute approximate surface area is 206 Å². The minimum Gasteiger partial charge on any atom is -0.579 e. The molecule has 0 aromatic carbocycles. The molecule has 0 atom stereocenters. The molecule has 0 unspecified atom stereocenters. The summed E-state index contributed by atoms with van der Waals surface area (Å²) in [4.78, 5) is 0. The fourth-order valence-corrected chi connectivity index (χ4v) is 0. The van der Waals surface area contributed by atoms with Crippen LogP contribution in [0.3, 0.4) is 0 Å². The summed E-state index contributed by atoms with van der Waals surface area (Å²) < 4.78 is 10.2. The number of hydrogen-bond acceptors (Lipinski definition) is 4. The number of halogens is 1. The van der Waals surface area contributed by atoms with Crippen molar-refractivity contribution < 1.29 is 61.2 Å². The Morgan fingerprint density at radius 3 is 0.800 bits per heavy atom. The number of hydrogen-bond donors (Lipinski definition) is 0. The smallest absolute Gasteiger partial charge is 0.579 e. The van der Waals surface area contributed by atoms with Gasteiger partial charge in [-0.1, -0.05) is 86.5 Å². The maximum absolute atomic E-state index is 10.2. The predicted octanol–water partition coefficient (Wildman–Crippen LogP) is 3.38. The molecule has 0 aliphatic carbocycles. The molecule has 25 heavy (non-hydrogen) atoms. The Morgan fingerprint density at radius 2 is 0.800 bits per heavy atom. The Balaban J connectivity index is -0.00000000503. The molecule has 0 saturated carbocycles. The monoisotopic (exact) mass is 408 g/mol. The van der Waals surface area contributed by atoms with Crippen LogP contribution in [0.5, 0.6) is 0 Å². The van der Waals surface area contributed by atoms with E-state index < -0.39 is 8.07 Å². The summed E-state index contributed by atoms with van der Waals surface area (Å²) in [7, 11) is -1.40. The van der Waals surface area contributed by atoms with Gasteiger partial charge in [0, 0.05) is 13.2 Å². The van der Waals surface area contributed by atoms with Gasteiger partial charge in [0.05, 0.1) is 0 Å². The van der Waals surface area contributed by atoms with Gasteiger partial charge in [0.1, 0.15) is 0 Å². The van der Waals surface area contributed by atoms with Crippen molar-refractivity contribution in [1.82, 2.24) is 0 Å². The Bertz CT molecular complexity index is 292. The Hall–Kier alpha value is -0.232. The quantitative estimate of drug-likeness (QED) is 0.569. The second-order valence-corrected chi connectivity index (χ2v) is 7.55. The molecule has 0 aliphatic rings. The first-order valence-electron chi connectivity index (χ1n) is 3.40. The second kappa shape index (κ2) is 106. The van der Waals surface area contributed by atoms with Crippen LogP contribution in [0.1, 0.15) is 66.8 Å². The van der Waals surface area contributed by atoms with Gasteiger partial charge in [-0.15, -0.1) is 0 Å². The van der Waals surface area contributed by atoms with Crippen LogP contribution >= 0.6 is 0 Å². The molecule has 0 saturated heterocycles. The third-order valence-corrected chi connectivity index (χ3v) is 1.11. The van der Waals surface area contributed by atoms with Crippen molar-refractivity contribution in [1.29, 1.82) is 21.0 Å². The van der Waals surface area contributed by atoms with E-state index in [1.165, 1.54) is 12.1 Å². The average Bonchev–Trinajstić information content (AvgIpc) is 2.17. The van der Waals surface area contributed by atoms with E-state index >= 15 is 0 Å². The molecule has 5 nitrogen and oxygen atoms in total. The zero-order chi connectivity index (χ0) is 12.0. The molecule has 9 heteroatoms. The van der Waals surface area contributed by atoms with Gasteiger partial charge in [0.25, 0.3) is 0 Å². The third kappa shape index (κ3) is 495. The molecule has 2 N–H and O–H groups in total. The second-order valence-electron chi connectivity index (χ2n) is 2.82.